The van der Waals surface area contributed by atoms with Crippen LogP contribution in [0, 0.1) is 13.8 Å². The third-order valence-corrected chi connectivity index (χ3v) is 3.66. The summed E-state index contributed by atoms with van der Waals surface area (Å²) in [5, 5.41) is 2.07. The zero-order valence-electron chi connectivity index (χ0n) is 9.03. The van der Waals surface area contributed by atoms with Crippen LogP contribution in [-0.4, -0.2) is 0 Å². The molecule has 1 heterocycles. The molecular weight excluding hydrogens is 202 g/mol. The minimum Gasteiger partial charge on any atom is -0.320 e. The molecule has 78 valence electrons. The monoisotopic (exact) mass is 217 g/mol. The van der Waals surface area contributed by atoms with Gasteiger partial charge in [-0.3, -0.25) is 0 Å². The molecule has 0 fully saturated rings. The van der Waals surface area contributed by atoms with Gasteiger partial charge >= 0.3 is 0 Å². The predicted molar refractivity (Wildman–Crippen MR) is 66.3 cm³/mol. The SMILES string of the molecule is Cc1cccc(C)c1C(N)c1cccs1. The van der Waals surface area contributed by atoms with Crippen LogP contribution in [0.1, 0.15) is 27.6 Å². The van der Waals surface area contributed by atoms with Crippen molar-refractivity contribution in [2.75, 3.05) is 0 Å². The highest BCUT2D eigenvalue weighted by Crippen LogP contribution is 2.28. The van der Waals surface area contributed by atoms with Gasteiger partial charge in [-0.25, -0.2) is 0 Å². The molecule has 0 saturated heterocycles. The highest BCUT2D eigenvalue weighted by Gasteiger charge is 2.13. The molecule has 15 heavy (non-hydrogen) atoms. The summed E-state index contributed by atoms with van der Waals surface area (Å²) in [6, 6.07) is 10.5. The molecule has 2 aromatic rings. The minimum absolute atomic E-state index is 0.0196. The van der Waals surface area contributed by atoms with Crippen molar-refractivity contribution in [3.05, 3.63) is 57.3 Å². The van der Waals surface area contributed by atoms with Crippen molar-refractivity contribution < 1.29 is 0 Å². The number of aryl methyl sites for hydroxylation is 2. The smallest absolute Gasteiger partial charge is 0.0651 e. The summed E-state index contributed by atoms with van der Waals surface area (Å²) >= 11 is 1.72. The van der Waals surface area contributed by atoms with Crippen LogP contribution in [-0.2, 0) is 0 Å². The van der Waals surface area contributed by atoms with Crippen LogP contribution >= 0.6 is 11.3 Å². The number of hydrogen-bond donors (Lipinski definition) is 1. The molecule has 0 aliphatic rings. The van der Waals surface area contributed by atoms with Crippen molar-refractivity contribution in [3.63, 3.8) is 0 Å². The standard InChI is InChI=1S/C13H15NS/c1-9-5-3-6-10(2)12(9)13(14)11-7-4-8-15-11/h3-8,13H,14H2,1-2H3. The van der Waals surface area contributed by atoms with Crippen LogP contribution in [0.3, 0.4) is 0 Å². The molecule has 1 atom stereocenters. The van der Waals surface area contributed by atoms with E-state index in [1.54, 1.807) is 11.3 Å². The van der Waals surface area contributed by atoms with Crippen molar-refractivity contribution in [3.8, 4) is 0 Å². The van der Waals surface area contributed by atoms with Gasteiger partial charge in [-0.2, -0.15) is 0 Å². The summed E-state index contributed by atoms with van der Waals surface area (Å²) in [5.41, 5.74) is 10.1. The van der Waals surface area contributed by atoms with Gasteiger partial charge in [0.15, 0.2) is 0 Å². The lowest BCUT2D eigenvalue weighted by Gasteiger charge is -2.16. The first-order valence-corrected chi connectivity index (χ1v) is 5.93. The Morgan fingerprint density at radius 1 is 1.07 bits per heavy atom. The van der Waals surface area contributed by atoms with Gasteiger partial charge < -0.3 is 5.73 Å². The quantitative estimate of drug-likeness (QED) is 0.819. The van der Waals surface area contributed by atoms with Gasteiger partial charge in [0.1, 0.15) is 0 Å². The molecule has 2 rings (SSSR count). The number of benzene rings is 1. The Bertz CT molecular complexity index is 425. The first kappa shape index (κ1) is 10.4. The van der Waals surface area contributed by atoms with Crippen molar-refractivity contribution in [1.29, 1.82) is 0 Å². The number of thiophene rings is 1. The lowest BCUT2D eigenvalue weighted by molar-refractivity contribution is 0.871. The van der Waals surface area contributed by atoms with Crippen LogP contribution < -0.4 is 5.73 Å². The molecule has 2 N–H and O–H groups in total. The van der Waals surface area contributed by atoms with Gasteiger partial charge in [0.2, 0.25) is 0 Å². The summed E-state index contributed by atoms with van der Waals surface area (Å²) in [6.07, 6.45) is 0. The first-order valence-electron chi connectivity index (χ1n) is 5.05. The Balaban J connectivity index is 2.46. The Morgan fingerprint density at radius 3 is 2.27 bits per heavy atom. The normalized spacial score (nSPS) is 12.7. The van der Waals surface area contributed by atoms with Crippen LogP contribution in [0.5, 0.6) is 0 Å². The fourth-order valence-corrected chi connectivity index (χ4v) is 2.66. The second-order valence-corrected chi connectivity index (χ2v) is 4.78. The Morgan fingerprint density at radius 2 is 1.73 bits per heavy atom. The maximum Gasteiger partial charge on any atom is 0.0651 e. The lowest BCUT2D eigenvalue weighted by Crippen LogP contribution is -2.13. The largest absolute Gasteiger partial charge is 0.320 e. The second kappa shape index (κ2) is 4.17. The molecule has 1 aromatic heterocycles. The Hall–Kier alpha value is -1.12. The van der Waals surface area contributed by atoms with Gasteiger partial charge in [-0.05, 0) is 42.0 Å². The molecule has 0 bridgehead atoms. The van der Waals surface area contributed by atoms with E-state index in [1.165, 1.54) is 21.6 Å². The molecule has 0 aliphatic carbocycles. The van der Waals surface area contributed by atoms with E-state index >= 15 is 0 Å². The number of nitrogens with two attached hydrogens (primary N) is 1. The maximum absolute atomic E-state index is 6.27. The van der Waals surface area contributed by atoms with Gasteiger partial charge in [-0.15, -0.1) is 11.3 Å². The van der Waals surface area contributed by atoms with E-state index in [0.717, 1.165) is 0 Å². The maximum atomic E-state index is 6.27. The van der Waals surface area contributed by atoms with Crippen molar-refractivity contribution in [1.82, 2.24) is 0 Å². The molecule has 0 radical (unpaired) electrons. The minimum atomic E-state index is 0.0196. The van der Waals surface area contributed by atoms with Crippen molar-refractivity contribution in [2.45, 2.75) is 19.9 Å². The van der Waals surface area contributed by atoms with Gasteiger partial charge in [0.25, 0.3) is 0 Å². The van der Waals surface area contributed by atoms with Gasteiger partial charge in [0.05, 0.1) is 6.04 Å². The predicted octanol–water partition coefficient (Wildman–Crippen LogP) is 3.41. The summed E-state index contributed by atoms with van der Waals surface area (Å²) in [6.45, 7) is 4.24. The highest BCUT2D eigenvalue weighted by molar-refractivity contribution is 7.10. The molecular formula is C13H15NS. The molecule has 1 nitrogen and oxygen atoms in total. The fourth-order valence-electron chi connectivity index (χ4n) is 1.93. The van der Waals surface area contributed by atoms with Crippen molar-refractivity contribution >= 4 is 11.3 Å². The molecule has 0 amide bonds. The highest BCUT2D eigenvalue weighted by atomic mass is 32.1. The van der Waals surface area contributed by atoms with Crippen LogP contribution in [0.25, 0.3) is 0 Å². The first-order chi connectivity index (χ1) is 7.20. The summed E-state index contributed by atoms with van der Waals surface area (Å²) in [5.74, 6) is 0. The third kappa shape index (κ3) is 1.96. The van der Waals surface area contributed by atoms with E-state index in [-0.39, 0.29) is 6.04 Å². The zero-order chi connectivity index (χ0) is 10.8. The summed E-state index contributed by atoms with van der Waals surface area (Å²) in [7, 11) is 0. The summed E-state index contributed by atoms with van der Waals surface area (Å²) < 4.78 is 0. The van der Waals surface area contributed by atoms with E-state index in [4.69, 9.17) is 5.73 Å². The van der Waals surface area contributed by atoms with Gasteiger partial charge in [-0.1, -0.05) is 24.3 Å². The van der Waals surface area contributed by atoms with Gasteiger partial charge in [0, 0.05) is 4.88 Å². The number of rotatable bonds is 2. The Labute approximate surface area is 94.6 Å². The molecule has 0 spiro atoms. The van der Waals surface area contributed by atoms with E-state index < -0.39 is 0 Å². The van der Waals surface area contributed by atoms with Crippen LogP contribution in [0.2, 0.25) is 0 Å². The molecule has 0 saturated carbocycles. The van der Waals surface area contributed by atoms with Crippen molar-refractivity contribution in [2.24, 2.45) is 5.73 Å². The van der Waals surface area contributed by atoms with Crippen LogP contribution in [0.4, 0.5) is 0 Å². The molecule has 2 heteroatoms. The van der Waals surface area contributed by atoms with E-state index in [1.807, 2.05) is 6.07 Å². The number of hydrogen-bond acceptors (Lipinski definition) is 2. The van der Waals surface area contributed by atoms with Crippen LogP contribution in [0.15, 0.2) is 35.7 Å². The molecule has 0 aliphatic heterocycles. The lowest BCUT2D eigenvalue weighted by atomic mass is 9.96. The molecule has 1 aromatic carbocycles. The average Bonchev–Trinajstić information content (AvgIpc) is 2.69. The Kier molecular flexibility index (Phi) is 2.89. The average molecular weight is 217 g/mol. The third-order valence-electron chi connectivity index (χ3n) is 2.70. The zero-order valence-corrected chi connectivity index (χ0v) is 9.84. The fraction of sp³-hybridized carbons (Fsp3) is 0.231. The van der Waals surface area contributed by atoms with E-state index in [2.05, 4.69) is 43.5 Å². The summed E-state index contributed by atoms with van der Waals surface area (Å²) in [4.78, 5) is 1.23. The molecule has 1 unspecified atom stereocenters. The topological polar surface area (TPSA) is 26.0 Å². The van der Waals surface area contributed by atoms with E-state index in [9.17, 15) is 0 Å². The van der Waals surface area contributed by atoms with E-state index in [0.29, 0.717) is 0 Å². The second-order valence-electron chi connectivity index (χ2n) is 3.80.